The Morgan fingerprint density at radius 2 is 1.88 bits per heavy atom. The van der Waals surface area contributed by atoms with Gasteiger partial charge in [0.15, 0.2) is 17.3 Å². The average molecular weight is 578 g/mol. The molecule has 2 aromatic heterocycles. The predicted molar refractivity (Wildman–Crippen MR) is 127 cm³/mol. The number of rotatable bonds is 7. The number of alkyl halides is 6. The van der Waals surface area contributed by atoms with Crippen molar-refractivity contribution in [1.82, 2.24) is 25.1 Å². The van der Waals surface area contributed by atoms with Gasteiger partial charge in [-0.3, -0.25) is 19.3 Å². The summed E-state index contributed by atoms with van der Waals surface area (Å²) in [5, 5.41) is 7.64. The van der Waals surface area contributed by atoms with Gasteiger partial charge in [0, 0.05) is 26.2 Å². The predicted octanol–water partition coefficient (Wildman–Crippen LogP) is 1.50. The van der Waals surface area contributed by atoms with E-state index in [0.29, 0.717) is 6.20 Å². The van der Waals surface area contributed by atoms with Crippen LogP contribution in [0.1, 0.15) is 24.6 Å². The average Bonchev–Trinajstić information content (AvgIpc) is 2.87. The molecule has 2 aliphatic rings. The molecule has 0 aromatic carbocycles. The summed E-state index contributed by atoms with van der Waals surface area (Å²) in [4.78, 5) is 48.6. The van der Waals surface area contributed by atoms with E-state index in [1.54, 1.807) is 5.10 Å². The van der Waals surface area contributed by atoms with E-state index in [-0.39, 0.29) is 56.8 Å². The number of halogens is 6. The molecule has 2 aromatic rings. The van der Waals surface area contributed by atoms with Crippen molar-refractivity contribution in [3.05, 3.63) is 34.0 Å². The van der Waals surface area contributed by atoms with E-state index in [0.717, 1.165) is 11.1 Å². The normalized spacial score (nSPS) is 18.4. The lowest BCUT2D eigenvalue weighted by Gasteiger charge is -2.46. The Morgan fingerprint density at radius 1 is 1.15 bits per heavy atom. The summed E-state index contributed by atoms with van der Waals surface area (Å²) in [6, 6.07) is -1.53. The molecule has 2 aliphatic heterocycles. The number of aromatic amines is 1. The van der Waals surface area contributed by atoms with Crippen LogP contribution in [0.25, 0.3) is 0 Å². The second kappa shape index (κ2) is 10.9. The topological polar surface area (TPSA) is 137 Å². The fraction of sp³-hybridized carbons (Fsp3) is 0.545. The molecule has 0 spiro atoms. The van der Waals surface area contributed by atoms with Gasteiger partial charge < -0.3 is 19.9 Å². The fourth-order valence-electron chi connectivity index (χ4n) is 4.41. The lowest BCUT2D eigenvalue weighted by molar-refractivity contribution is -0.141. The molecule has 1 saturated heterocycles. The lowest BCUT2D eigenvalue weighted by atomic mass is 10.1. The second-order valence-electron chi connectivity index (χ2n) is 9.20. The highest BCUT2D eigenvalue weighted by Gasteiger charge is 2.44. The number of hydrogen-bond donors (Lipinski definition) is 2. The summed E-state index contributed by atoms with van der Waals surface area (Å²) >= 11 is 0. The van der Waals surface area contributed by atoms with Crippen LogP contribution in [-0.2, 0) is 26.7 Å². The molecule has 0 bridgehead atoms. The number of anilines is 3. The third-order valence-electron chi connectivity index (χ3n) is 6.33. The van der Waals surface area contributed by atoms with E-state index in [2.05, 4.69) is 20.4 Å². The minimum atomic E-state index is -4.90. The number of likely N-dealkylation sites (N-methyl/N-ethyl adjacent to an activating group) is 1. The van der Waals surface area contributed by atoms with Gasteiger partial charge in [0.2, 0.25) is 5.91 Å². The second-order valence-corrected chi connectivity index (χ2v) is 9.20. The maximum absolute atomic E-state index is 13.2. The Kier molecular flexibility index (Phi) is 7.91. The molecule has 2 amide bonds. The van der Waals surface area contributed by atoms with Crippen LogP contribution < -0.4 is 20.7 Å². The summed E-state index contributed by atoms with van der Waals surface area (Å²) < 4.78 is 84.1. The molecule has 2 N–H and O–H groups in total. The molecule has 18 heteroatoms. The van der Waals surface area contributed by atoms with E-state index in [1.807, 2.05) is 0 Å². The first-order valence-corrected chi connectivity index (χ1v) is 11.9. The summed E-state index contributed by atoms with van der Waals surface area (Å²) in [7, 11) is 1.29. The SMILES string of the molecule is C[C@@H](COCCC(=O)N1CCN2c3ncc(C(F)(F)F)nc3N(C)C(=O)[C@H]2C1)Nc1cn[nH]c(=O)c1C(F)(F)F. The Morgan fingerprint density at radius 3 is 2.55 bits per heavy atom. The molecule has 218 valence electrons. The van der Waals surface area contributed by atoms with E-state index < -0.39 is 52.8 Å². The minimum absolute atomic E-state index is 0.0299. The number of H-pyrrole nitrogens is 1. The van der Waals surface area contributed by atoms with E-state index in [4.69, 9.17) is 4.74 Å². The van der Waals surface area contributed by atoms with E-state index >= 15 is 0 Å². The van der Waals surface area contributed by atoms with Gasteiger partial charge in [-0.2, -0.15) is 31.4 Å². The molecule has 0 radical (unpaired) electrons. The third kappa shape index (κ3) is 5.95. The van der Waals surface area contributed by atoms with Crippen LogP contribution in [0.5, 0.6) is 0 Å². The van der Waals surface area contributed by atoms with E-state index in [1.165, 1.54) is 23.8 Å². The number of fused-ring (bicyclic) bond motifs is 3. The van der Waals surface area contributed by atoms with Crippen molar-refractivity contribution in [1.29, 1.82) is 0 Å². The summed E-state index contributed by atoms with van der Waals surface area (Å²) in [6.45, 7) is 1.63. The van der Waals surface area contributed by atoms with Crippen molar-refractivity contribution in [2.24, 2.45) is 0 Å². The quantitative estimate of drug-likeness (QED) is 0.370. The Balaban J connectivity index is 1.30. The number of piperazine rings is 1. The van der Waals surface area contributed by atoms with Crippen LogP contribution in [0.2, 0.25) is 0 Å². The highest BCUT2D eigenvalue weighted by molar-refractivity contribution is 6.04. The van der Waals surface area contributed by atoms with Crippen LogP contribution >= 0.6 is 0 Å². The van der Waals surface area contributed by atoms with Crippen molar-refractivity contribution >= 4 is 29.1 Å². The van der Waals surface area contributed by atoms with Gasteiger partial charge in [0.25, 0.3) is 11.5 Å². The first-order valence-electron chi connectivity index (χ1n) is 11.9. The lowest BCUT2D eigenvalue weighted by Crippen LogP contribution is -2.63. The molecule has 12 nitrogen and oxygen atoms in total. The third-order valence-corrected chi connectivity index (χ3v) is 6.33. The first kappa shape index (κ1) is 29.0. The molecule has 0 aliphatic carbocycles. The van der Waals surface area contributed by atoms with E-state index in [9.17, 15) is 40.7 Å². The smallest absolute Gasteiger partial charge is 0.379 e. The highest BCUT2D eigenvalue weighted by atomic mass is 19.4. The number of amides is 2. The van der Waals surface area contributed by atoms with Crippen molar-refractivity contribution in [2.75, 3.05) is 55.0 Å². The number of aromatic nitrogens is 4. The van der Waals surface area contributed by atoms with Crippen molar-refractivity contribution < 1.29 is 40.7 Å². The summed E-state index contributed by atoms with van der Waals surface area (Å²) in [5.74, 6) is -0.994. The molecule has 0 saturated carbocycles. The summed E-state index contributed by atoms with van der Waals surface area (Å²) in [5.41, 5.74) is -4.54. The maximum Gasteiger partial charge on any atom is 0.434 e. The molecule has 4 rings (SSSR count). The van der Waals surface area contributed by atoms with Gasteiger partial charge in [-0.1, -0.05) is 0 Å². The van der Waals surface area contributed by atoms with Crippen LogP contribution in [-0.4, -0.2) is 88.9 Å². The zero-order valence-corrected chi connectivity index (χ0v) is 21.1. The highest BCUT2D eigenvalue weighted by Crippen LogP contribution is 2.37. The van der Waals surface area contributed by atoms with Gasteiger partial charge in [0.1, 0.15) is 11.6 Å². The number of carbonyl (C=O) groups excluding carboxylic acids is 2. The van der Waals surface area contributed by atoms with Crippen molar-refractivity contribution in [3.8, 4) is 0 Å². The Labute approximate surface area is 222 Å². The zero-order chi connectivity index (χ0) is 29.4. The van der Waals surface area contributed by atoms with Gasteiger partial charge in [-0.05, 0) is 6.92 Å². The van der Waals surface area contributed by atoms with Crippen LogP contribution in [0.4, 0.5) is 43.7 Å². The van der Waals surface area contributed by atoms with Gasteiger partial charge in [-0.25, -0.2) is 15.1 Å². The number of carbonyl (C=O) groups is 2. The maximum atomic E-state index is 13.2. The molecule has 1 fully saturated rings. The van der Waals surface area contributed by atoms with Gasteiger partial charge in [-0.15, -0.1) is 0 Å². The zero-order valence-electron chi connectivity index (χ0n) is 21.1. The van der Waals surface area contributed by atoms with Gasteiger partial charge in [0.05, 0.1) is 44.3 Å². The minimum Gasteiger partial charge on any atom is -0.379 e. The number of nitrogens with zero attached hydrogens (tertiary/aromatic N) is 6. The number of hydrogen-bond acceptors (Lipinski definition) is 9. The molecule has 0 unspecified atom stereocenters. The Bertz CT molecular complexity index is 1330. The molecule has 40 heavy (non-hydrogen) atoms. The molecular weight excluding hydrogens is 554 g/mol. The summed E-state index contributed by atoms with van der Waals surface area (Å²) in [6.07, 6.45) is -8.28. The number of nitrogens with one attached hydrogen (secondary N) is 2. The number of ether oxygens (including phenoxy) is 1. The first-order chi connectivity index (χ1) is 18.7. The fourth-order valence-corrected chi connectivity index (χ4v) is 4.41. The Hall–Kier alpha value is -3.96. The van der Waals surface area contributed by atoms with Crippen molar-refractivity contribution in [2.45, 2.75) is 37.8 Å². The standard InChI is InChI=1S/C22H24F6N8O4/c1-11(31-12-7-30-33-19(38)16(12)22(26,27)28)10-40-6-3-15(37)35-4-5-36-13(9-35)20(39)34(2)18-17(36)29-8-14(32-18)21(23,24)25/h7-8,11,13H,3-6,9-10H2,1-2H3,(H2,31,33,38)/t11-,13+/m0/s1. The molecule has 4 heterocycles. The van der Waals surface area contributed by atoms with Crippen LogP contribution in [0.15, 0.2) is 17.2 Å². The van der Waals surface area contributed by atoms with Gasteiger partial charge >= 0.3 is 12.4 Å². The largest absolute Gasteiger partial charge is 0.434 e. The monoisotopic (exact) mass is 578 g/mol. The van der Waals surface area contributed by atoms with Crippen molar-refractivity contribution in [3.63, 3.8) is 0 Å². The van der Waals surface area contributed by atoms with Crippen LogP contribution in [0.3, 0.4) is 0 Å². The molecule has 2 atom stereocenters. The molecular formula is C22H24F6N8O4. The van der Waals surface area contributed by atoms with Crippen LogP contribution in [0, 0.1) is 0 Å².